The Hall–Kier alpha value is -4.61. The van der Waals surface area contributed by atoms with Crippen molar-refractivity contribution in [1.82, 2.24) is 25.2 Å². The van der Waals surface area contributed by atoms with Gasteiger partial charge in [0.2, 0.25) is 27.7 Å². The number of nitrogens with one attached hydrogen (secondary N) is 3. The van der Waals surface area contributed by atoms with E-state index in [4.69, 9.17) is 14.2 Å². The van der Waals surface area contributed by atoms with Crippen LogP contribution < -0.4 is 24.8 Å². The number of hydrogen-bond acceptors (Lipinski definition) is 10. The van der Waals surface area contributed by atoms with E-state index in [1.54, 1.807) is 19.1 Å². The van der Waals surface area contributed by atoms with Crippen molar-refractivity contribution in [2.75, 3.05) is 13.2 Å². The molecule has 7 atom stereocenters. The first-order valence-corrected chi connectivity index (χ1v) is 21.7. The van der Waals surface area contributed by atoms with Gasteiger partial charge in [-0.3, -0.25) is 19.1 Å². The van der Waals surface area contributed by atoms with Crippen molar-refractivity contribution < 1.29 is 55.0 Å². The smallest absolute Gasteiger partial charge is 0.408 e. The van der Waals surface area contributed by atoms with Gasteiger partial charge in [0.1, 0.15) is 23.7 Å². The average Bonchev–Trinajstić information content (AvgIpc) is 4.05. The molecule has 2 saturated carbocycles. The minimum absolute atomic E-state index is 0.00308. The van der Waals surface area contributed by atoms with Crippen LogP contribution in [0.2, 0.25) is 0 Å². The summed E-state index contributed by atoms with van der Waals surface area (Å²) in [6.07, 6.45) is 2.68. The fraction of sp³-hybridized carbons (Fsp3) is 0.634. The summed E-state index contributed by atoms with van der Waals surface area (Å²) in [6.45, 7) is 9.17. The van der Waals surface area contributed by atoms with Crippen molar-refractivity contribution in [2.45, 2.75) is 133 Å². The summed E-state index contributed by atoms with van der Waals surface area (Å²) in [5, 5.41) is 6.20. The number of hydrogen-bond donors (Lipinski definition) is 3. The summed E-state index contributed by atoms with van der Waals surface area (Å²) in [4.78, 5) is 62.2. The lowest BCUT2D eigenvalue weighted by atomic mass is 9.85. The zero-order chi connectivity index (χ0) is 43.1. The van der Waals surface area contributed by atoms with Crippen molar-refractivity contribution in [1.29, 1.82) is 0 Å². The van der Waals surface area contributed by atoms with E-state index in [2.05, 4.69) is 20.3 Å². The second-order valence-corrected chi connectivity index (χ2v) is 19.3. The minimum atomic E-state index is -4.08. The lowest BCUT2D eigenvalue weighted by molar-refractivity contribution is -0.142. The highest BCUT2D eigenvalue weighted by atomic mass is 32.2. The molecule has 0 bridgehead atoms. The maximum Gasteiger partial charge on any atom is 0.408 e. The molecule has 6 rings (SSSR count). The molecule has 0 spiro atoms. The highest BCUT2D eigenvalue weighted by Crippen LogP contribution is 2.48. The lowest BCUT2D eigenvalue weighted by Gasteiger charge is -2.34. The zero-order valence-electron chi connectivity index (χ0n) is 34.2. The Labute approximate surface area is 342 Å². The molecule has 18 heteroatoms. The first kappa shape index (κ1) is 44.0. The maximum absolute atomic E-state index is 15.1. The molecule has 1 aromatic heterocycles. The van der Waals surface area contributed by atoms with Crippen molar-refractivity contribution in [3.05, 3.63) is 42.4 Å². The minimum Gasteiger partial charge on any atom is -0.491 e. The number of halogens is 3. The van der Waals surface area contributed by atoms with Crippen LogP contribution in [-0.4, -0.2) is 95.8 Å². The van der Waals surface area contributed by atoms with E-state index in [1.165, 1.54) is 30.2 Å². The quantitative estimate of drug-likeness (QED) is 0.243. The van der Waals surface area contributed by atoms with Gasteiger partial charge in [0.05, 0.1) is 17.9 Å². The molecule has 2 aliphatic carbocycles. The van der Waals surface area contributed by atoms with E-state index in [0.29, 0.717) is 49.3 Å². The highest BCUT2D eigenvalue weighted by Gasteiger charge is 2.63. The van der Waals surface area contributed by atoms with Crippen LogP contribution in [0.4, 0.5) is 18.0 Å². The number of alkyl halides is 2. The second-order valence-electron chi connectivity index (χ2n) is 17.1. The number of pyridine rings is 1. The van der Waals surface area contributed by atoms with Gasteiger partial charge in [-0.25, -0.2) is 31.4 Å². The molecule has 1 aromatic carbocycles. The number of benzene rings is 1. The number of carbonyl (C=O) groups is 4. The molecule has 0 unspecified atom stereocenters. The van der Waals surface area contributed by atoms with Crippen molar-refractivity contribution in [3.63, 3.8) is 0 Å². The van der Waals surface area contributed by atoms with Crippen LogP contribution in [0.5, 0.6) is 11.6 Å². The molecule has 4 aliphatic rings. The Morgan fingerprint density at radius 3 is 2.54 bits per heavy atom. The first-order valence-electron chi connectivity index (χ1n) is 20.3. The molecule has 3 heterocycles. The molecule has 2 aromatic rings. The number of alkyl carbamates (subject to hydrolysis) is 1. The molecule has 2 aliphatic heterocycles. The zero-order valence-corrected chi connectivity index (χ0v) is 35.0. The van der Waals surface area contributed by atoms with E-state index in [0.717, 1.165) is 13.8 Å². The van der Waals surface area contributed by atoms with E-state index >= 15 is 4.39 Å². The fourth-order valence-electron chi connectivity index (χ4n) is 7.92. The van der Waals surface area contributed by atoms with Crippen LogP contribution >= 0.6 is 0 Å². The molecule has 1 saturated heterocycles. The van der Waals surface area contributed by atoms with Gasteiger partial charge in [0.25, 0.3) is 12.3 Å². The molecule has 0 radical (unpaired) electrons. The van der Waals surface area contributed by atoms with Crippen molar-refractivity contribution in [2.24, 2.45) is 17.8 Å². The van der Waals surface area contributed by atoms with Gasteiger partial charge in [-0.2, -0.15) is 0 Å². The summed E-state index contributed by atoms with van der Waals surface area (Å²) in [6, 6.07) is 1.70. The summed E-state index contributed by atoms with van der Waals surface area (Å²) >= 11 is 0. The lowest BCUT2D eigenvalue weighted by Crippen LogP contribution is -2.59. The number of aromatic nitrogens is 1. The Morgan fingerprint density at radius 1 is 1.15 bits per heavy atom. The summed E-state index contributed by atoms with van der Waals surface area (Å²) in [7, 11) is -4.08. The molecule has 4 amide bonds. The van der Waals surface area contributed by atoms with Crippen LogP contribution in [0.25, 0.3) is 10.8 Å². The Balaban J connectivity index is 1.37. The molecular formula is C41H54F3N5O9S. The number of rotatable bonds is 11. The SMILES string of the molecule is CCOc1cc2ccnc(O[C@@H]3C[C@H]4C(=O)N[C@]5(C(=O)NS(=O)(=O)C6(C)CC6)C[C@H]5/C=C\CC[C@@H](C)C[C@@H](CC)[C@H](NC(=O)OC(C)(C)C(F)F)C(=O)N4C3)c2cc1F. The van der Waals surface area contributed by atoms with E-state index in [-0.39, 0.29) is 43.5 Å². The third-order valence-electron chi connectivity index (χ3n) is 12.1. The molecule has 324 valence electrons. The number of sulfonamides is 1. The standard InChI is InChI=1S/C41H54F3N5O9S/c1-7-24-17-23(3)11-9-10-12-26-21-41(26,37(52)48-59(54,55)40(6)14-15-40)47-33(50)30-19-27(22-49(30)35(51)32(24)46-38(53)58-39(4,5)36(43)44)57-34-28-20-29(42)31(56-8-2)18-25(28)13-16-45-34/h10,12-13,16,18,20,23-24,26-27,30,32,36H,7-9,11,14-15,17,19,21-22H2,1-6H3,(H,46,53)(H,47,50)(H,48,52)/b12-10-/t23-,24-,26-,27-,30+,32+,41-/m1/s1. The average molecular weight is 850 g/mol. The number of nitrogens with zero attached hydrogens (tertiary/aromatic N) is 2. The van der Waals surface area contributed by atoms with E-state index in [9.17, 15) is 36.4 Å². The van der Waals surface area contributed by atoms with Gasteiger partial charge in [0, 0.05) is 23.9 Å². The van der Waals surface area contributed by atoms with Gasteiger partial charge < -0.3 is 29.7 Å². The molecular weight excluding hydrogens is 796 g/mol. The van der Waals surface area contributed by atoms with Gasteiger partial charge in [-0.1, -0.05) is 32.4 Å². The van der Waals surface area contributed by atoms with E-state index < -0.39 is 92.0 Å². The predicted octanol–water partition coefficient (Wildman–Crippen LogP) is 5.54. The Bertz CT molecular complexity index is 2100. The summed E-state index contributed by atoms with van der Waals surface area (Å²) < 4.78 is 87.0. The molecule has 3 N–H and O–H groups in total. The van der Waals surface area contributed by atoms with Crippen LogP contribution in [0.1, 0.15) is 92.9 Å². The largest absolute Gasteiger partial charge is 0.491 e. The molecule has 14 nitrogen and oxygen atoms in total. The van der Waals surface area contributed by atoms with Crippen LogP contribution in [0, 0.1) is 23.6 Å². The fourth-order valence-corrected chi connectivity index (χ4v) is 9.23. The summed E-state index contributed by atoms with van der Waals surface area (Å²) in [5.41, 5.74) is -3.83. The van der Waals surface area contributed by atoms with Gasteiger partial charge in [-0.15, -0.1) is 0 Å². The normalized spacial score (nSPS) is 28.9. The number of allylic oxidation sites excluding steroid dienone is 1. The van der Waals surface area contributed by atoms with Gasteiger partial charge in [0.15, 0.2) is 17.2 Å². The Morgan fingerprint density at radius 2 is 1.88 bits per heavy atom. The molecule has 59 heavy (non-hydrogen) atoms. The highest BCUT2D eigenvalue weighted by molar-refractivity contribution is 7.91. The first-order chi connectivity index (χ1) is 27.7. The second kappa shape index (κ2) is 16.8. The third kappa shape index (κ3) is 9.26. The Kier molecular flexibility index (Phi) is 12.5. The van der Waals surface area contributed by atoms with Gasteiger partial charge in [-0.05, 0) is 102 Å². The van der Waals surface area contributed by atoms with Crippen LogP contribution in [0.15, 0.2) is 36.5 Å². The third-order valence-corrected chi connectivity index (χ3v) is 14.3. The topological polar surface area (TPSA) is 182 Å². The maximum atomic E-state index is 15.1. The number of carbonyl (C=O) groups excluding carboxylic acids is 4. The summed E-state index contributed by atoms with van der Waals surface area (Å²) in [5.74, 6) is -4.07. The number of fused-ring (bicyclic) bond motifs is 3. The van der Waals surface area contributed by atoms with Crippen LogP contribution in [-0.2, 0) is 29.1 Å². The number of amides is 4. The number of ether oxygens (including phenoxy) is 3. The monoisotopic (exact) mass is 849 g/mol. The van der Waals surface area contributed by atoms with Crippen molar-refractivity contribution in [3.8, 4) is 11.6 Å². The molecule has 3 fully saturated rings. The van der Waals surface area contributed by atoms with Gasteiger partial charge >= 0.3 is 6.09 Å². The van der Waals surface area contributed by atoms with Crippen molar-refractivity contribution >= 4 is 44.6 Å². The van der Waals surface area contributed by atoms with E-state index in [1.807, 2.05) is 19.9 Å². The van der Waals surface area contributed by atoms with Crippen LogP contribution in [0.3, 0.4) is 0 Å². The predicted molar refractivity (Wildman–Crippen MR) is 211 cm³/mol.